The Hall–Kier alpha value is -1.77. The predicted molar refractivity (Wildman–Crippen MR) is 78.8 cm³/mol. The summed E-state index contributed by atoms with van der Waals surface area (Å²) in [5.74, 6) is -5.55. The van der Waals surface area contributed by atoms with Crippen LogP contribution >= 0.6 is 11.8 Å². The quantitative estimate of drug-likeness (QED) is 0.570. The van der Waals surface area contributed by atoms with Crippen molar-refractivity contribution in [3.05, 3.63) is 35.4 Å². The molecular weight excluding hydrogens is 355 g/mol. The molecule has 0 saturated carbocycles. The Morgan fingerprint density at radius 3 is 2.67 bits per heavy atom. The van der Waals surface area contributed by atoms with Crippen LogP contribution in [0, 0.1) is 0 Å². The van der Waals surface area contributed by atoms with E-state index < -0.39 is 34.1 Å². The third kappa shape index (κ3) is 4.62. The zero-order chi connectivity index (χ0) is 18.0. The molecule has 1 aliphatic rings. The lowest BCUT2D eigenvalue weighted by Gasteiger charge is -2.15. The van der Waals surface area contributed by atoms with Gasteiger partial charge in [-0.2, -0.15) is 22.0 Å². The highest BCUT2D eigenvalue weighted by Crippen LogP contribution is 2.44. The maximum Gasteiger partial charge on any atom is 0.446 e. The molecule has 0 amide bonds. The average Bonchev–Trinajstić information content (AvgIpc) is 2.92. The standard InChI is InChI=1S/C15H13F5O3S/c1-2-22-13(21)14(16,17)8-12(24-15(18,19)20)10-3-4-11-9(7-10)5-6-23-11/h3-4,7-8H,2,5-6H2,1H3/b12-8+. The molecule has 0 radical (unpaired) electrons. The van der Waals surface area contributed by atoms with Gasteiger partial charge in [-0.3, -0.25) is 0 Å². The van der Waals surface area contributed by atoms with Crippen molar-refractivity contribution < 1.29 is 36.2 Å². The molecule has 1 aromatic rings. The number of hydrogen-bond donors (Lipinski definition) is 0. The van der Waals surface area contributed by atoms with E-state index in [1.54, 1.807) is 0 Å². The minimum Gasteiger partial charge on any atom is -0.493 e. The summed E-state index contributed by atoms with van der Waals surface area (Å²) in [6, 6.07) is 4.02. The first-order valence-electron chi connectivity index (χ1n) is 6.92. The molecule has 0 unspecified atom stereocenters. The Labute approximate surface area is 138 Å². The lowest BCUT2D eigenvalue weighted by Crippen LogP contribution is -2.28. The molecule has 24 heavy (non-hydrogen) atoms. The summed E-state index contributed by atoms with van der Waals surface area (Å²) in [6.07, 6.45) is 0.460. The molecule has 0 N–H and O–H groups in total. The van der Waals surface area contributed by atoms with E-state index in [1.807, 2.05) is 0 Å². The van der Waals surface area contributed by atoms with Gasteiger partial charge in [0.05, 0.1) is 13.2 Å². The fourth-order valence-electron chi connectivity index (χ4n) is 2.09. The van der Waals surface area contributed by atoms with Crippen molar-refractivity contribution in [1.29, 1.82) is 0 Å². The van der Waals surface area contributed by atoms with Crippen LogP contribution in [-0.2, 0) is 16.0 Å². The van der Waals surface area contributed by atoms with Crippen molar-refractivity contribution in [2.45, 2.75) is 24.8 Å². The Morgan fingerprint density at radius 2 is 2.04 bits per heavy atom. The van der Waals surface area contributed by atoms with Crippen molar-refractivity contribution in [3.63, 3.8) is 0 Å². The molecule has 2 rings (SSSR count). The van der Waals surface area contributed by atoms with Crippen LogP contribution in [0.4, 0.5) is 22.0 Å². The summed E-state index contributed by atoms with van der Waals surface area (Å²) < 4.78 is 75.3. The number of thioether (sulfide) groups is 1. The number of hydrogen-bond acceptors (Lipinski definition) is 4. The summed E-state index contributed by atoms with van der Waals surface area (Å²) in [4.78, 5) is 10.5. The van der Waals surface area contributed by atoms with Crippen LogP contribution in [0.1, 0.15) is 18.1 Å². The van der Waals surface area contributed by atoms with Gasteiger partial charge in [0.25, 0.3) is 0 Å². The van der Waals surface area contributed by atoms with Gasteiger partial charge in [0, 0.05) is 17.4 Å². The number of ether oxygens (including phenoxy) is 2. The molecule has 0 bridgehead atoms. The first-order chi connectivity index (χ1) is 11.1. The maximum absolute atomic E-state index is 13.8. The highest BCUT2D eigenvalue weighted by molar-refractivity contribution is 8.09. The monoisotopic (exact) mass is 368 g/mol. The van der Waals surface area contributed by atoms with Crippen LogP contribution in [0.15, 0.2) is 24.3 Å². The Morgan fingerprint density at radius 1 is 1.33 bits per heavy atom. The lowest BCUT2D eigenvalue weighted by atomic mass is 10.1. The highest BCUT2D eigenvalue weighted by atomic mass is 32.2. The van der Waals surface area contributed by atoms with Crippen molar-refractivity contribution >= 4 is 22.6 Å². The summed E-state index contributed by atoms with van der Waals surface area (Å²) in [5.41, 5.74) is -4.22. The van der Waals surface area contributed by atoms with E-state index in [4.69, 9.17) is 4.74 Å². The van der Waals surface area contributed by atoms with Crippen molar-refractivity contribution in [2.24, 2.45) is 0 Å². The van der Waals surface area contributed by atoms with E-state index in [2.05, 4.69) is 4.74 Å². The maximum atomic E-state index is 13.8. The van der Waals surface area contributed by atoms with Crippen LogP contribution in [0.5, 0.6) is 5.75 Å². The van der Waals surface area contributed by atoms with Crippen LogP contribution in [-0.4, -0.2) is 30.6 Å². The van der Waals surface area contributed by atoms with Gasteiger partial charge in [0.1, 0.15) is 5.75 Å². The molecule has 1 heterocycles. The van der Waals surface area contributed by atoms with Gasteiger partial charge in [-0.1, -0.05) is 6.07 Å². The minimum absolute atomic E-state index is 0.0132. The number of esters is 1. The van der Waals surface area contributed by atoms with Crippen molar-refractivity contribution in [3.8, 4) is 5.75 Å². The van der Waals surface area contributed by atoms with Crippen LogP contribution in [0.3, 0.4) is 0 Å². The topological polar surface area (TPSA) is 35.5 Å². The van der Waals surface area contributed by atoms with Crippen LogP contribution in [0.25, 0.3) is 4.91 Å². The van der Waals surface area contributed by atoms with E-state index in [1.165, 1.54) is 25.1 Å². The van der Waals surface area contributed by atoms with E-state index >= 15 is 0 Å². The molecule has 0 spiro atoms. The van der Waals surface area contributed by atoms with E-state index in [0.717, 1.165) is 0 Å². The van der Waals surface area contributed by atoms with Gasteiger partial charge in [-0.15, -0.1) is 0 Å². The SMILES string of the molecule is CCOC(=O)C(F)(F)/C=C(/SC(F)(F)F)c1ccc2c(c1)CCO2. The lowest BCUT2D eigenvalue weighted by molar-refractivity contribution is -0.164. The largest absolute Gasteiger partial charge is 0.493 e. The predicted octanol–water partition coefficient (Wildman–Crippen LogP) is 4.41. The third-order valence-corrected chi connectivity index (χ3v) is 3.86. The number of halogens is 5. The molecule has 0 fully saturated rings. The number of alkyl halides is 5. The zero-order valence-corrected chi connectivity index (χ0v) is 13.3. The second-order valence-corrected chi connectivity index (χ2v) is 5.93. The molecule has 0 aromatic heterocycles. The summed E-state index contributed by atoms with van der Waals surface area (Å²) in [7, 11) is 0. The van der Waals surface area contributed by atoms with Gasteiger partial charge < -0.3 is 9.47 Å². The van der Waals surface area contributed by atoms with E-state index in [-0.39, 0.29) is 18.2 Å². The minimum atomic E-state index is -4.79. The smallest absolute Gasteiger partial charge is 0.446 e. The molecule has 1 aromatic carbocycles. The fourth-order valence-corrected chi connectivity index (χ4v) is 2.79. The van der Waals surface area contributed by atoms with E-state index in [9.17, 15) is 26.7 Å². The molecule has 9 heteroatoms. The highest BCUT2D eigenvalue weighted by Gasteiger charge is 2.41. The molecular formula is C15H13F5O3S. The second kappa shape index (κ2) is 7.00. The number of carbonyl (C=O) groups is 1. The molecule has 0 atom stereocenters. The van der Waals surface area contributed by atoms with Crippen molar-refractivity contribution in [1.82, 2.24) is 0 Å². The average molecular weight is 368 g/mol. The molecule has 132 valence electrons. The van der Waals surface area contributed by atoms with Crippen LogP contribution < -0.4 is 4.74 Å². The third-order valence-electron chi connectivity index (χ3n) is 3.06. The summed E-state index contributed by atoms with van der Waals surface area (Å²) >= 11 is -0.705. The summed E-state index contributed by atoms with van der Waals surface area (Å²) in [6.45, 7) is 1.40. The number of benzene rings is 1. The summed E-state index contributed by atoms with van der Waals surface area (Å²) in [5, 5.41) is 0. The zero-order valence-electron chi connectivity index (χ0n) is 12.5. The van der Waals surface area contributed by atoms with Crippen LogP contribution in [0.2, 0.25) is 0 Å². The molecule has 3 nitrogen and oxygen atoms in total. The first-order valence-corrected chi connectivity index (χ1v) is 7.74. The number of rotatable bonds is 5. The number of fused-ring (bicyclic) bond motifs is 1. The van der Waals surface area contributed by atoms with Gasteiger partial charge in [-0.25, -0.2) is 4.79 Å². The molecule has 0 aliphatic carbocycles. The van der Waals surface area contributed by atoms with Crippen molar-refractivity contribution in [2.75, 3.05) is 13.2 Å². The second-order valence-electron chi connectivity index (χ2n) is 4.82. The Bertz CT molecular complexity index is 655. The number of carbonyl (C=O) groups excluding carboxylic acids is 1. The van der Waals surface area contributed by atoms with E-state index in [0.29, 0.717) is 24.3 Å². The Kier molecular flexibility index (Phi) is 5.42. The normalized spacial score (nSPS) is 15.0. The van der Waals surface area contributed by atoms with Gasteiger partial charge in [-0.05, 0) is 41.9 Å². The van der Waals surface area contributed by atoms with Gasteiger partial charge in [0.2, 0.25) is 0 Å². The Balaban J connectivity index is 2.41. The van der Waals surface area contributed by atoms with Gasteiger partial charge >= 0.3 is 17.4 Å². The fraction of sp³-hybridized carbons (Fsp3) is 0.400. The molecule has 1 aliphatic heterocycles. The first kappa shape index (κ1) is 18.6. The molecule has 0 saturated heterocycles. The van der Waals surface area contributed by atoms with Gasteiger partial charge in [0.15, 0.2) is 0 Å².